The van der Waals surface area contributed by atoms with Crippen molar-refractivity contribution >= 4 is 23.3 Å². The first-order valence-corrected chi connectivity index (χ1v) is 7.21. The van der Waals surface area contributed by atoms with E-state index in [0.29, 0.717) is 10.6 Å². The lowest BCUT2D eigenvalue weighted by Crippen LogP contribution is -2.51. The van der Waals surface area contributed by atoms with E-state index in [1.807, 2.05) is 0 Å². The van der Waals surface area contributed by atoms with Crippen molar-refractivity contribution in [3.8, 4) is 0 Å². The molecule has 21 heavy (non-hydrogen) atoms. The third-order valence-corrected chi connectivity index (χ3v) is 4.75. The van der Waals surface area contributed by atoms with Crippen molar-refractivity contribution < 1.29 is 18.4 Å². The smallest absolute Gasteiger partial charge is 0.248 e. The maximum absolute atomic E-state index is 13.3. The Bertz CT molecular complexity index is 607. The van der Waals surface area contributed by atoms with Gasteiger partial charge in [0, 0.05) is 17.9 Å². The van der Waals surface area contributed by atoms with Crippen LogP contribution in [0.2, 0.25) is 5.02 Å². The summed E-state index contributed by atoms with van der Waals surface area (Å²) in [5.41, 5.74) is -0.710. The predicted molar refractivity (Wildman–Crippen MR) is 73.5 cm³/mol. The molecule has 0 aromatic heterocycles. The van der Waals surface area contributed by atoms with Crippen molar-refractivity contribution in [3.05, 3.63) is 34.9 Å². The molecule has 1 aromatic rings. The van der Waals surface area contributed by atoms with Gasteiger partial charge < -0.3 is 5.32 Å². The summed E-state index contributed by atoms with van der Waals surface area (Å²) in [6, 6.07) is 6.64. The number of carbonyl (C=O) groups is 2. The predicted octanol–water partition coefficient (Wildman–Crippen LogP) is 3.07. The van der Waals surface area contributed by atoms with Crippen LogP contribution >= 0.6 is 11.6 Å². The standard InChI is InChI=1S/C15H14ClF2NO2/c16-10-4-2-1-3-9(10)11-12(20)14(19-13(11)21)5-7-15(17,18)8-6-14/h1-4,11H,5-8H2,(H,19,21). The second-order valence-corrected chi connectivity index (χ2v) is 6.15. The quantitative estimate of drug-likeness (QED) is 0.810. The molecule has 3 nitrogen and oxygen atoms in total. The average Bonchev–Trinajstić information content (AvgIpc) is 2.67. The number of hydrogen-bond donors (Lipinski definition) is 1. The van der Waals surface area contributed by atoms with Crippen LogP contribution in [0.1, 0.15) is 37.2 Å². The molecule has 1 unspecified atom stereocenters. The summed E-state index contributed by atoms with van der Waals surface area (Å²) in [5, 5.41) is 2.99. The number of nitrogens with one attached hydrogen (secondary N) is 1. The summed E-state index contributed by atoms with van der Waals surface area (Å²) in [4.78, 5) is 24.9. The molecule has 1 aromatic carbocycles. The molecule has 1 aliphatic carbocycles. The van der Waals surface area contributed by atoms with Gasteiger partial charge in [-0.25, -0.2) is 8.78 Å². The number of hydrogen-bond acceptors (Lipinski definition) is 2. The lowest BCUT2D eigenvalue weighted by molar-refractivity contribution is -0.128. The minimum atomic E-state index is -2.75. The van der Waals surface area contributed by atoms with Crippen molar-refractivity contribution in [1.29, 1.82) is 0 Å². The van der Waals surface area contributed by atoms with Gasteiger partial charge >= 0.3 is 0 Å². The molecule has 1 aliphatic heterocycles. The molecular formula is C15H14ClF2NO2. The Morgan fingerprint density at radius 2 is 1.71 bits per heavy atom. The van der Waals surface area contributed by atoms with Crippen LogP contribution < -0.4 is 5.32 Å². The summed E-state index contributed by atoms with van der Waals surface area (Å²) in [6.45, 7) is 0. The maximum Gasteiger partial charge on any atom is 0.248 e. The molecule has 3 rings (SSSR count). The van der Waals surface area contributed by atoms with Crippen molar-refractivity contribution in [3.63, 3.8) is 0 Å². The van der Waals surface area contributed by atoms with Gasteiger partial charge in [0.25, 0.3) is 0 Å². The first-order valence-electron chi connectivity index (χ1n) is 6.83. The van der Waals surface area contributed by atoms with Crippen LogP contribution in [0.25, 0.3) is 0 Å². The highest BCUT2D eigenvalue weighted by Gasteiger charge is 2.56. The van der Waals surface area contributed by atoms with Crippen LogP contribution in [0, 0.1) is 0 Å². The van der Waals surface area contributed by atoms with E-state index in [4.69, 9.17) is 11.6 Å². The molecule has 1 N–H and O–H groups in total. The molecule has 112 valence electrons. The normalized spacial score (nSPS) is 26.9. The van der Waals surface area contributed by atoms with E-state index in [-0.39, 0.29) is 31.5 Å². The van der Waals surface area contributed by atoms with E-state index >= 15 is 0 Å². The number of carbonyl (C=O) groups excluding carboxylic acids is 2. The van der Waals surface area contributed by atoms with Gasteiger partial charge in [-0.1, -0.05) is 29.8 Å². The molecule has 0 radical (unpaired) electrons. The van der Waals surface area contributed by atoms with Crippen molar-refractivity contribution in [1.82, 2.24) is 5.32 Å². The largest absolute Gasteiger partial charge is 0.343 e. The van der Waals surface area contributed by atoms with E-state index in [1.165, 1.54) is 0 Å². The van der Waals surface area contributed by atoms with Gasteiger partial charge in [0.15, 0.2) is 5.78 Å². The van der Waals surface area contributed by atoms with Crippen LogP contribution in [0.3, 0.4) is 0 Å². The fourth-order valence-corrected chi connectivity index (χ4v) is 3.42. The number of halogens is 3. The molecule has 1 saturated heterocycles. The highest BCUT2D eigenvalue weighted by Crippen LogP contribution is 2.44. The van der Waals surface area contributed by atoms with E-state index in [2.05, 4.69) is 5.32 Å². The molecular weight excluding hydrogens is 300 g/mol. The van der Waals surface area contributed by atoms with Gasteiger partial charge in [0.1, 0.15) is 11.5 Å². The van der Waals surface area contributed by atoms with E-state index in [1.54, 1.807) is 24.3 Å². The molecule has 1 spiro atoms. The van der Waals surface area contributed by atoms with Crippen molar-refractivity contribution in [2.75, 3.05) is 0 Å². The number of benzene rings is 1. The Hall–Kier alpha value is -1.49. The number of rotatable bonds is 1. The van der Waals surface area contributed by atoms with Crippen LogP contribution in [0.15, 0.2) is 24.3 Å². The minimum Gasteiger partial charge on any atom is -0.343 e. The number of Topliss-reactive ketones (excluding diaryl/α,β-unsaturated/α-hetero) is 1. The van der Waals surface area contributed by atoms with Crippen molar-refractivity contribution in [2.24, 2.45) is 0 Å². The van der Waals surface area contributed by atoms with Gasteiger partial charge in [-0.3, -0.25) is 9.59 Å². The number of amides is 1. The Morgan fingerprint density at radius 1 is 1.10 bits per heavy atom. The summed E-state index contributed by atoms with van der Waals surface area (Å²) in [7, 11) is 0. The molecule has 1 atom stereocenters. The fourth-order valence-electron chi connectivity index (χ4n) is 3.17. The van der Waals surface area contributed by atoms with E-state index in [0.717, 1.165) is 0 Å². The van der Waals surface area contributed by atoms with Crippen LogP contribution in [0.5, 0.6) is 0 Å². The summed E-state index contributed by atoms with van der Waals surface area (Å²) >= 11 is 6.06. The molecule has 1 saturated carbocycles. The summed E-state index contributed by atoms with van der Waals surface area (Å²) < 4.78 is 26.6. The fraction of sp³-hybridized carbons (Fsp3) is 0.467. The first kappa shape index (κ1) is 14.4. The highest BCUT2D eigenvalue weighted by molar-refractivity contribution is 6.32. The number of alkyl halides is 2. The average molecular weight is 314 g/mol. The van der Waals surface area contributed by atoms with Crippen LogP contribution in [0.4, 0.5) is 8.78 Å². The minimum absolute atomic E-state index is 0.0223. The lowest BCUT2D eigenvalue weighted by Gasteiger charge is -2.35. The zero-order chi connectivity index (χ0) is 15.3. The molecule has 6 heteroatoms. The molecule has 2 aliphatic rings. The third-order valence-electron chi connectivity index (χ3n) is 4.41. The summed E-state index contributed by atoms with van der Waals surface area (Å²) in [5.74, 6) is -4.53. The Balaban J connectivity index is 1.92. The lowest BCUT2D eigenvalue weighted by atomic mass is 9.75. The maximum atomic E-state index is 13.3. The van der Waals surface area contributed by atoms with Gasteiger partial charge in [-0.15, -0.1) is 0 Å². The third kappa shape index (κ3) is 2.33. The summed E-state index contributed by atoms with van der Waals surface area (Å²) in [6.07, 6.45) is -0.806. The Morgan fingerprint density at radius 3 is 2.33 bits per heavy atom. The number of ketones is 1. The second kappa shape index (κ2) is 4.77. The zero-order valence-electron chi connectivity index (χ0n) is 11.2. The van der Waals surface area contributed by atoms with Gasteiger partial charge in [-0.2, -0.15) is 0 Å². The Kier molecular flexibility index (Phi) is 3.28. The van der Waals surface area contributed by atoms with Crippen LogP contribution in [-0.2, 0) is 9.59 Å². The highest BCUT2D eigenvalue weighted by atomic mass is 35.5. The van der Waals surface area contributed by atoms with Crippen molar-refractivity contribution in [2.45, 2.75) is 43.1 Å². The van der Waals surface area contributed by atoms with E-state index in [9.17, 15) is 18.4 Å². The zero-order valence-corrected chi connectivity index (χ0v) is 11.9. The SMILES string of the molecule is O=C1NC2(CCC(F)(F)CC2)C(=O)C1c1ccccc1Cl. The van der Waals surface area contributed by atoms with Gasteiger partial charge in [0.2, 0.25) is 11.8 Å². The molecule has 2 fully saturated rings. The molecule has 0 bridgehead atoms. The molecule has 1 heterocycles. The van der Waals surface area contributed by atoms with E-state index < -0.39 is 23.3 Å². The molecule has 1 amide bonds. The van der Waals surface area contributed by atoms with Gasteiger partial charge in [-0.05, 0) is 24.5 Å². The monoisotopic (exact) mass is 313 g/mol. The topological polar surface area (TPSA) is 46.2 Å². The second-order valence-electron chi connectivity index (χ2n) is 5.75. The first-order chi connectivity index (χ1) is 9.85. The van der Waals surface area contributed by atoms with Gasteiger partial charge in [0.05, 0.1) is 0 Å². The Labute approximate surface area is 125 Å². The van der Waals surface area contributed by atoms with Crippen LogP contribution in [-0.4, -0.2) is 23.2 Å².